The van der Waals surface area contributed by atoms with Gasteiger partial charge in [-0.2, -0.15) is 5.10 Å². The van der Waals surface area contributed by atoms with Crippen molar-refractivity contribution in [3.8, 4) is 0 Å². The van der Waals surface area contributed by atoms with Crippen LogP contribution < -0.4 is 10.6 Å². The van der Waals surface area contributed by atoms with E-state index in [4.69, 9.17) is 0 Å². The lowest BCUT2D eigenvalue weighted by atomic mass is 10.2. The maximum Gasteiger partial charge on any atom is 0.252 e. The first-order valence-corrected chi connectivity index (χ1v) is 7.10. The Hall–Kier alpha value is -2.22. The van der Waals surface area contributed by atoms with Crippen LogP contribution in [0.2, 0.25) is 0 Å². The molecule has 1 aromatic heterocycles. The van der Waals surface area contributed by atoms with Crippen LogP contribution in [0.4, 0.5) is 0 Å². The van der Waals surface area contributed by atoms with Gasteiger partial charge < -0.3 is 10.6 Å². The number of hydrogen-bond donors (Lipinski definition) is 3. The molecule has 8 heteroatoms. The van der Waals surface area contributed by atoms with Crippen molar-refractivity contribution >= 4 is 27.7 Å². The highest BCUT2D eigenvalue weighted by Gasteiger charge is 2.10. The molecule has 0 bridgehead atoms. The number of nitrogens with zero attached hydrogens (tertiary/aromatic N) is 2. The molecule has 0 spiro atoms. The molecule has 0 radical (unpaired) electrons. The maximum absolute atomic E-state index is 11.9. The third kappa shape index (κ3) is 4.67. The van der Waals surface area contributed by atoms with Gasteiger partial charge in [0.25, 0.3) is 5.91 Å². The van der Waals surface area contributed by atoms with Crippen LogP contribution >= 0.6 is 15.9 Å². The summed E-state index contributed by atoms with van der Waals surface area (Å²) in [6.45, 7) is 0.357. The summed E-state index contributed by atoms with van der Waals surface area (Å²) in [5.41, 5.74) is 0.493. The molecule has 0 aliphatic heterocycles. The zero-order valence-electron chi connectivity index (χ0n) is 11.1. The average molecular weight is 352 g/mol. The van der Waals surface area contributed by atoms with Gasteiger partial charge in [-0.25, -0.2) is 4.98 Å². The van der Waals surface area contributed by atoms with E-state index in [0.29, 0.717) is 28.8 Å². The number of H-pyrrole nitrogens is 1. The Kier molecular flexibility index (Phi) is 5.44. The van der Waals surface area contributed by atoms with E-state index in [0.717, 1.165) is 0 Å². The van der Waals surface area contributed by atoms with Crippen molar-refractivity contribution in [1.82, 2.24) is 25.8 Å². The fourth-order valence-corrected chi connectivity index (χ4v) is 2.10. The molecule has 0 fully saturated rings. The van der Waals surface area contributed by atoms with Crippen LogP contribution in [-0.2, 0) is 11.2 Å². The van der Waals surface area contributed by atoms with Gasteiger partial charge in [-0.3, -0.25) is 14.7 Å². The molecule has 7 nitrogen and oxygen atoms in total. The summed E-state index contributed by atoms with van der Waals surface area (Å²) in [6, 6.07) is 7.03. The predicted molar refractivity (Wildman–Crippen MR) is 79.6 cm³/mol. The van der Waals surface area contributed by atoms with Crippen molar-refractivity contribution in [1.29, 1.82) is 0 Å². The zero-order chi connectivity index (χ0) is 15.1. The SMILES string of the molecule is O=C(CNC(=O)c1ccccc1Br)NCCc1ncn[nH]1. The fraction of sp³-hybridized carbons (Fsp3) is 0.231. The smallest absolute Gasteiger partial charge is 0.252 e. The largest absolute Gasteiger partial charge is 0.354 e. The van der Waals surface area contributed by atoms with Gasteiger partial charge in [-0.1, -0.05) is 12.1 Å². The van der Waals surface area contributed by atoms with Crippen molar-refractivity contribution < 1.29 is 9.59 Å². The van der Waals surface area contributed by atoms with Gasteiger partial charge in [0.1, 0.15) is 12.2 Å². The van der Waals surface area contributed by atoms with Crippen molar-refractivity contribution in [2.75, 3.05) is 13.1 Å². The second-order valence-corrected chi connectivity index (χ2v) is 5.05. The summed E-state index contributed by atoms with van der Waals surface area (Å²) >= 11 is 3.29. The van der Waals surface area contributed by atoms with E-state index < -0.39 is 0 Å². The molecular weight excluding hydrogens is 338 g/mol. The Morgan fingerprint density at radius 3 is 2.76 bits per heavy atom. The molecular formula is C13H14BrN5O2. The highest BCUT2D eigenvalue weighted by atomic mass is 79.9. The standard InChI is InChI=1S/C13H14BrN5O2/c14-10-4-2-1-3-9(10)13(21)16-7-12(20)15-6-5-11-17-8-18-19-11/h1-4,8H,5-7H2,(H,15,20)(H,16,21)(H,17,18,19). The molecule has 0 aliphatic rings. The summed E-state index contributed by atoms with van der Waals surface area (Å²) in [5, 5.41) is 11.7. The van der Waals surface area contributed by atoms with Gasteiger partial charge in [-0.05, 0) is 28.1 Å². The minimum Gasteiger partial charge on any atom is -0.354 e. The van der Waals surface area contributed by atoms with Crippen molar-refractivity contribution in [2.24, 2.45) is 0 Å². The molecule has 21 heavy (non-hydrogen) atoms. The second-order valence-electron chi connectivity index (χ2n) is 4.19. The Morgan fingerprint density at radius 1 is 1.24 bits per heavy atom. The van der Waals surface area contributed by atoms with E-state index in [-0.39, 0.29) is 18.4 Å². The number of carbonyl (C=O) groups excluding carboxylic acids is 2. The highest BCUT2D eigenvalue weighted by molar-refractivity contribution is 9.10. The van der Waals surface area contributed by atoms with Crippen LogP contribution in [0, 0.1) is 0 Å². The minimum atomic E-state index is -0.298. The Morgan fingerprint density at radius 2 is 2.05 bits per heavy atom. The van der Waals surface area contributed by atoms with Gasteiger partial charge in [0.15, 0.2) is 0 Å². The number of aromatic amines is 1. The molecule has 0 saturated carbocycles. The predicted octanol–water partition coefficient (Wildman–Crippen LogP) is 0.656. The molecule has 0 atom stereocenters. The topological polar surface area (TPSA) is 99.8 Å². The maximum atomic E-state index is 11.9. The number of halogens is 1. The lowest BCUT2D eigenvalue weighted by Crippen LogP contribution is -2.37. The lowest BCUT2D eigenvalue weighted by Gasteiger charge is -2.07. The Bertz CT molecular complexity index is 615. The molecule has 0 saturated heterocycles. The van der Waals surface area contributed by atoms with Crippen LogP contribution in [0.1, 0.15) is 16.2 Å². The summed E-state index contributed by atoms with van der Waals surface area (Å²) in [5.74, 6) is 0.148. The summed E-state index contributed by atoms with van der Waals surface area (Å²) in [6.07, 6.45) is 1.97. The van der Waals surface area contributed by atoms with Crippen molar-refractivity contribution in [3.05, 3.63) is 46.5 Å². The molecule has 3 N–H and O–H groups in total. The number of nitrogens with one attached hydrogen (secondary N) is 3. The third-order valence-corrected chi connectivity index (χ3v) is 3.37. The van der Waals surface area contributed by atoms with Crippen LogP contribution in [-0.4, -0.2) is 40.1 Å². The lowest BCUT2D eigenvalue weighted by molar-refractivity contribution is -0.120. The van der Waals surface area contributed by atoms with E-state index in [1.54, 1.807) is 18.2 Å². The molecule has 0 unspecified atom stereocenters. The first kappa shape index (κ1) is 15.2. The van der Waals surface area contributed by atoms with Crippen molar-refractivity contribution in [2.45, 2.75) is 6.42 Å². The summed E-state index contributed by atoms with van der Waals surface area (Å²) < 4.78 is 0.688. The molecule has 1 aromatic carbocycles. The molecule has 2 amide bonds. The van der Waals surface area contributed by atoms with Crippen LogP contribution in [0.15, 0.2) is 35.1 Å². The zero-order valence-corrected chi connectivity index (χ0v) is 12.7. The number of amides is 2. The van der Waals surface area contributed by atoms with Crippen molar-refractivity contribution in [3.63, 3.8) is 0 Å². The summed E-state index contributed by atoms with van der Waals surface area (Å²) in [4.78, 5) is 27.4. The molecule has 110 valence electrons. The Balaban J connectivity index is 1.71. The van der Waals surface area contributed by atoms with E-state index in [9.17, 15) is 9.59 Å². The third-order valence-electron chi connectivity index (χ3n) is 2.68. The first-order chi connectivity index (χ1) is 10.2. The molecule has 2 aromatic rings. The number of aromatic nitrogens is 3. The van der Waals surface area contributed by atoms with Crippen LogP contribution in [0.5, 0.6) is 0 Å². The minimum absolute atomic E-state index is 0.0728. The number of carbonyl (C=O) groups is 2. The normalized spacial score (nSPS) is 10.1. The number of hydrogen-bond acceptors (Lipinski definition) is 4. The second kappa shape index (κ2) is 7.53. The highest BCUT2D eigenvalue weighted by Crippen LogP contribution is 2.15. The van der Waals surface area contributed by atoms with Gasteiger partial charge in [0.05, 0.1) is 12.1 Å². The van der Waals surface area contributed by atoms with E-state index >= 15 is 0 Å². The molecule has 2 rings (SSSR count). The van der Waals surface area contributed by atoms with Gasteiger partial charge in [0.2, 0.25) is 5.91 Å². The van der Waals surface area contributed by atoms with Gasteiger partial charge in [-0.15, -0.1) is 0 Å². The first-order valence-electron chi connectivity index (χ1n) is 6.30. The van der Waals surface area contributed by atoms with Crippen LogP contribution in [0.3, 0.4) is 0 Å². The number of rotatable bonds is 6. The van der Waals surface area contributed by atoms with E-state index in [1.807, 2.05) is 6.07 Å². The van der Waals surface area contributed by atoms with Gasteiger partial charge in [0, 0.05) is 17.4 Å². The van der Waals surface area contributed by atoms with Gasteiger partial charge >= 0.3 is 0 Å². The average Bonchev–Trinajstić information content (AvgIpc) is 2.98. The van der Waals surface area contributed by atoms with E-state index in [2.05, 4.69) is 41.7 Å². The molecule has 1 heterocycles. The Labute approximate surface area is 129 Å². The van der Waals surface area contributed by atoms with Crippen LogP contribution in [0.25, 0.3) is 0 Å². The monoisotopic (exact) mass is 351 g/mol. The molecule has 0 aliphatic carbocycles. The fourth-order valence-electron chi connectivity index (χ4n) is 1.64. The quantitative estimate of drug-likeness (QED) is 0.711. The number of benzene rings is 1. The van der Waals surface area contributed by atoms with E-state index in [1.165, 1.54) is 6.33 Å². The summed E-state index contributed by atoms with van der Waals surface area (Å²) in [7, 11) is 0.